The zero-order chi connectivity index (χ0) is 15.0. The molecule has 1 amide bonds. The molecule has 0 spiro atoms. The van der Waals surface area contributed by atoms with Crippen molar-refractivity contribution in [2.45, 2.75) is 32.5 Å². The molecule has 1 N–H and O–H groups in total. The largest absolute Gasteiger partial charge is 0.358 e. The van der Waals surface area contributed by atoms with Crippen molar-refractivity contribution in [1.29, 1.82) is 0 Å². The molecule has 0 saturated carbocycles. The van der Waals surface area contributed by atoms with Gasteiger partial charge in [-0.2, -0.15) is 0 Å². The van der Waals surface area contributed by atoms with Crippen LogP contribution in [0, 0.1) is 0 Å². The molecule has 1 aliphatic rings. The third-order valence-corrected chi connectivity index (χ3v) is 4.09. The van der Waals surface area contributed by atoms with E-state index in [1.54, 1.807) is 0 Å². The second-order valence-electron chi connectivity index (χ2n) is 5.88. The fraction of sp³-hybridized carbons (Fsp3) is 0.278. The number of carbonyl (C=O) groups excluding carboxylic acids is 1. The van der Waals surface area contributed by atoms with Crippen molar-refractivity contribution < 1.29 is 4.79 Å². The molecular weight excluding hydrogens is 260 g/mol. The third-order valence-electron chi connectivity index (χ3n) is 4.09. The Kier molecular flexibility index (Phi) is 3.20. The summed E-state index contributed by atoms with van der Waals surface area (Å²) in [5.74, 6) is 0.0747. The van der Waals surface area contributed by atoms with Gasteiger partial charge in [0.25, 0.3) is 5.91 Å². The van der Waals surface area contributed by atoms with Crippen molar-refractivity contribution in [1.82, 2.24) is 4.90 Å². The number of anilines is 1. The van der Waals surface area contributed by atoms with Gasteiger partial charge >= 0.3 is 0 Å². The number of carbonyl (C=O) groups is 1. The third kappa shape index (κ3) is 2.09. The molecule has 1 unspecified atom stereocenters. The Labute approximate surface area is 125 Å². The van der Waals surface area contributed by atoms with Gasteiger partial charge in [-0.1, -0.05) is 42.5 Å². The van der Waals surface area contributed by atoms with E-state index in [1.807, 2.05) is 47.4 Å². The second-order valence-corrected chi connectivity index (χ2v) is 5.88. The number of benzene rings is 2. The maximum atomic E-state index is 12.9. The molecule has 0 fully saturated rings. The standard InChI is InChI=1S/C18H20N2O/c1-13(2)20-17(21)15-11-7-8-12-16(15)19-18(20,3)14-9-5-4-6-10-14/h4-13,19H,1-3H3. The van der Waals surface area contributed by atoms with Gasteiger partial charge in [0, 0.05) is 11.7 Å². The van der Waals surface area contributed by atoms with E-state index in [0.29, 0.717) is 0 Å². The number of para-hydroxylation sites is 1. The van der Waals surface area contributed by atoms with Gasteiger partial charge in [-0.05, 0) is 38.5 Å². The lowest BCUT2D eigenvalue weighted by atomic mass is 9.92. The van der Waals surface area contributed by atoms with Gasteiger partial charge in [0.2, 0.25) is 0 Å². The molecule has 3 nitrogen and oxygen atoms in total. The van der Waals surface area contributed by atoms with E-state index in [0.717, 1.165) is 16.8 Å². The molecule has 0 bridgehead atoms. The first kappa shape index (κ1) is 13.7. The Morgan fingerprint density at radius 3 is 2.29 bits per heavy atom. The van der Waals surface area contributed by atoms with Crippen LogP contribution in [0.5, 0.6) is 0 Å². The zero-order valence-electron chi connectivity index (χ0n) is 12.6. The monoisotopic (exact) mass is 280 g/mol. The lowest BCUT2D eigenvalue weighted by Gasteiger charge is -2.48. The predicted molar refractivity (Wildman–Crippen MR) is 85.2 cm³/mol. The van der Waals surface area contributed by atoms with E-state index in [-0.39, 0.29) is 11.9 Å². The van der Waals surface area contributed by atoms with Crippen molar-refractivity contribution in [3.05, 3.63) is 65.7 Å². The smallest absolute Gasteiger partial charge is 0.258 e. The van der Waals surface area contributed by atoms with Crippen LogP contribution in [0.25, 0.3) is 0 Å². The summed E-state index contributed by atoms with van der Waals surface area (Å²) >= 11 is 0. The molecular formula is C18H20N2O. The number of nitrogens with one attached hydrogen (secondary N) is 1. The summed E-state index contributed by atoms with van der Waals surface area (Å²) in [7, 11) is 0. The minimum Gasteiger partial charge on any atom is -0.358 e. The Balaban J connectivity index is 2.18. The fourth-order valence-electron chi connectivity index (χ4n) is 3.16. The van der Waals surface area contributed by atoms with E-state index in [2.05, 4.69) is 38.2 Å². The first-order valence-corrected chi connectivity index (χ1v) is 7.30. The van der Waals surface area contributed by atoms with Gasteiger partial charge in [0.15, 0.2) is 0 Å². The van der Waals surface area contributed by atoms with Crippen LogP contribution >= 0.6 is 0 Å². The number of hydrogen-bond acceptors (Lipinski definition) is 2. The maximum absolute atomic E-state index is 12.9. The lowest BCUT2D eigenvalue weighted by molar-refractivity contribution is 0.0434. The van der Waals surface area contributed by atoms with E-state index < -0.39 is 5.66 Å². The van der Waals surface area contributed by atoms with Crippen molar-refractivity contribution in [2.75, 3.05) is 5.32 Å². The van der Waals surface area contributed by atoms with E-state index in [4.69, 9.17) is 0 Å². The van der Waals surface area contributed by atoms with Gasteiger partial charge in [0.1, 0.15) is 5.66 Å². The van der Waals surface area contributed by atoms with E-state index in [9.17, 15) is 4.79 Å². The van der Waals surface area contributed by atoms with Crippen molar-refractivity contribution in [3.8, 4) is 0 Å². The number of nitrogens with zero attached hydrogens (tertiary/aromatic N) is 1. The summed E-state index contributed by atoms with van der Waals surface area (Å²) in [6.45, 7) is 6.17. The summed E-state index contributed by atoms with van der Waals surface area (Å²) in [5.41, 5.74) is 2.17. The summed E-state index contributed by atoms with van der Waals surface area (Å²) in [4.78, 5) is 14.9. The molecule has 108 valence electrons. The van der Waals surface area contributed by atoms with Crippen LogP contribution in [0.3, 0.4) is 0 Å². The van der Waals surface area contributed by atoms with Gasteiger partial charge in [-0.3, -0.25) is 4.79 Å². The zero-order valence-corrected chi connectivity index (χ0v) is 12.6. The average molecular weight is 280 g/mol. The summed E-state index contributed by atoms with van der Waals surface area (Å²) in [6.07, 6.45) is 0. The van der Waals surface area contributed by atoms with Gasteiger partial charge in [-0.15, -0.1) is 0 Å². The molecule has 1 aliphatic heterocycles. The Morgan fingerprint density at radius 2 is 1.62 bits per heavy atom. The highest BCUT2D eigenvalue weighted by atomic mass is 16.2. The predicted octanol–water partition coefficient (Wildman–Crippen LogP) is 3.84. The van der Waals surface area contributed by atoms with Crippen LogP contribution in [0.2, 0.25) is 0 Å². The molecule has 0 radical (unpaired) electrons. The Hall–Kier alpha value is -2.29. The number of rotatable bonds is 2. The molecule has 1 heterocycles. The van der Waals surface area contributed by atoms with Gasteiger partial charge in [0.05, 0.1) is 5.56 Å². The molecule has 0 aliphatic carbocycles. The Bertz CT molecular complexity index is 666. The number of fused-ring (bicyclic) bond motifs is 1. The van der Waals surface area contributed by atoms with E-state index in [1.165, 1.54) is 0 Å². The average Bonchev–Trinajstić information content (AvgIpc) is 2.48. The van der Waals surface area contributed by atoms with Crippen LogP contribution in [0.4, 0.5) is 5.69 Å². The van der Waals surface area contributed by atoms with E-state index >= 15 is 0 Å². The molecule has 3 rings (SSSR count). The Morgan fingerprint density at radius 1 is 1.00 bits per heavy atom. The SMILES string of the molecule is CC(C)N1C(=O)c2ccccc2NC1(C)c1ccccc1. The molecule has 1 atom stereocenters. The number of amides is 1. The summed E-state index contributed by atoms with van der Waals surface area (Å²) in [6, 6.07) is 17.9. The van der Waals surface area contributed by atoms with Crippen molar-refractivity contribution >= 4 is 11.6 Å². The molecule has 0 aromatic heterocycles. The topological polar surface area (TPSA) is 32.3 Å². The first-order chi connectivity index (χ1) is 10.0. The molecule has 21 heavy (non-hydrogen) atoms. The first-order valence-electron chi connectivity index (χ1n) is 7.30. The molecule has 2 aromatic rings. The van der Waals surface area contributed by atoms with Crippen LogP contribution in [0.1, 0.15) is 36.7 Å². The minimum atomic E-state index is -0.541. The van der Waals surface area contributed by atoms with Crippen LogP contribution in [0.15, 0.2) is 54.6 Å². The maximum Gasteiger partial charge on any atom is 0.258 e. The van der Waals surface area contributed by atoms with Gasteiger partial charge < -0.3 is 10.2 Å². The molecule has 2 aromatic carbocycles. The lowest BCUT2D eigenvalue weighted by Crippen LogP contribution is -2.58. The molecule has 0 saturated heterocycles. The highest BCUT2D eigenvalue weighted by Gasteiger charge is 2.43. The normalized spacial score (nSPS) is 21.1. The number of hydrogen-bond donors (Lipinski definition) is 1. The van der Waals surface area contributed by atoms with Crippen molar-refractivity contribution in [3.63, 3.8) is 0 Å². The highest BCUT2D eigenvalue weighted by molar-refractivity contribution is 6.02. The summed E-state index contributed by atoms with van der Waals surface area (Å²) in [5, 5.41) is 3.56. The van der Waals surface area contributed by atoms with Crippen molar-refractivity contribution in [2.24, 2.45) is 0 Å². The van der Waals surface area contributed by atoms with Crippen LogP contribution in [-0.2, 0) is 5.66 Å². The highest BCUT2D eigenvalue weighted by Crippen LogP contribution is 2.38. The quantitative estimate of drug-likeness (QED) is 0.906. The molecule has 3 heteroatoms. The van der Waals surface area contributed by atoms with Gasteiger partial charge in [-0.25, -0.2) is 0 Å². The second kappa shape index (κ2) is 4.92. The summed E-state index contributed by atoms with van der Waals surface area (Å²) < 4.78 is 0. The van der Waals surface area contributed by atoms with Crippen LogP contribution in [-0.4, -0.2) is 16.8 Å². The van der Waals surface area contributed by atoms with Crippen LogP contribution < -0.4 is 5.32 Å². The minimum absolute atomic E-state index is 0.0747. The fourth-order valence-corrected chi connectivity index (χ4v) is 3.16.